The first-order chi connectivity index (χ1) is 6.89. The number of rotatable bonds is 3. The Hall–Kier alpha value is -0.510. The molecule has 0 heterocycles. The third kappa shape index (κ3) is 4.24. The molecule has 1 saturated carbocycles. The third-order valence-electron chi connectivity index (χ3n) is 2.88. The van der Waals surface area contributed by atoms with E-state index in [0.717, 1.165) is 5.57 Å². The summed E-state index contributed by atoms with van der Waals surface area (Å²) in [5.74, 6) is -1.08. The summed E-state index contributed by atoms with van der Waals surface area (Å²) in [4.78, 5) is 0. The highest BCUT2D eigenvalue weighted by Crippen LogP contribution is 2.37. The minimum atomic E-state index is -4.00. The Morgan fingerprint density at radius 2 is 1.80 bits per heavy atom. The first-order valence-corrected chi connectivity index (χ1v) is 5.34. The fraction of sp³-hybridized carbons (Fsp3) is 0.818. The number of halogens is 3. The average molecular weight is 221 g/mol. The predicted octanol–water partition coefficient (Wildman–Crippen LogP) is 3.27. The zero-order valence-corrected chi connectivity index (χ0v) is 9.03. The van der Waals surface area contributed by atoms with E-state index in [0.29, 0.717) is 19.4 Å². The lowest BCUT2D eigenvalue weighted by Crippen LogP contribution is -2.37. The molecule has 0 aliphatic heterocycles. The van der Waals surface area contributed by atoms with Gasteiger partial charge in [0.15, 0.2) is 0 Å². The van der Waals surface area contributed by atoms with Gasteiger partial charge in [0.2, 0.25) is 0 Å². The maximum absolute atomic E-state index is 12.3. The Labute approximate surface area is 88.7 Å². The molecule has 0 radical (unpaired) electrons. The highest BCUT2D eigenvalue weighted by molar-refractivity contribution is 4.92. The Kier molecular flexibility index (Phi) is 4.20. The molecule has 0 saturated heterocycles. The Balaban J connectivity index is 2.27. The molecule has 1 fully saturated rings. The summed E-state index contributed by atoms with van der Waals surface area (Å²) in [6.07, 6.45) is -2.23. The van der Waals surface area contributed by atoms with E-state index in [4.69, 9.17) is 0 Å². The van der Waals surface area contributed by atoms with Crippen molar-refractivity contribution in [3.63, 3.8) is 0 Å². The second kappa shape index (κ2) is 5.01. The first-order valence-electron chi connectivity index (χ1n) is 5.34. The van der Waals surface area contributed by atoms with Crippen LogP contribution in [0.3, 0.4) is 0 Å². The molecular weight excluding hydrogens is 203 g/mol. The van der Waals surface area contributed by atoms with Crippen molar-refractivity contribution in [2.75, 3.05) is 6.54 Å². The molecule has 0 amide bonds. The van der Waals surface area contributed by atoms with Crippen molar-refractivity contribution >= 4 is 0 Å². The molecule has 0 aromatic carbocycles. The van der Waals surface area contributed by atoms with Crippen LogP contribution in [0.5, 0.6) is 0 Å². The molecule has 4 heteroatoms. The van der Waals surface area contributed by atoms with Crippen molar-refractivity contribution in [1.82, 2.24) is 5.32 Å². The van der Waals surface area contributed by atoms with Crippen LogP contribution in [0.25, 0.3) is 0 Å². The van der Waals surface area contributed by atoms with Gasteiger partial charge in [-0.3, -0.25) is 0 Å². The largest absolute Gasteiger partial charge is 0.391 e. The Morgan fingerprint density at radius 1 is 1.27 bits per heavy atom. The van der Waals surface area contributed by atoms with E-state index < -0.39 is 12.1 Å². The molecule has 1 N–H and O–H groups in total. The van der Waals surface area contributed by atoms with E-state index in [-0.39, 0.29) is 18.9 Å². The van der Waals surface area contributed by atoms with E-state index in [1.54, 1.807) is 0 Å². The van der Waals surface area contributed by atoms with E-state index in [1.165, 1.54) is 0 Å². The molecule has 1 aliphatic carbocycles. The van der Waals surface area contributed by atoms with E-state index >= 15 is 0 Å². The summed E-state index contributed by atoms with van der Waals surface area (Å²) in [5.41, 5.74) is 1.02. The normalized spacial score (nSPS) is 27.7. The molecular formula is C11H18F3N. The summed E-state index contributed by atoms with van der Waals surface area (Å²) < 4.78 is 37.0. The van der Waals surface area contributed by atoms with Crippen molar-refractivity contribution in [1.29, 1.82) is 0 Å². The van der Waals surface area contributed by atoms with Crippen LogP contribution in [-0.4, -0.2) is 18.8 Å². The molecule has 0 atom stereocenters. The monoisotopic (exact) mass is 221 g/mol. The van der Waals surface area contributed by atoms with E-state index in [1.807, 2.05) is 6.92 Å². The van der Waals surface area contributed by atoms with Gasteiger partial charge in [0.05, 0.1) is 5.92 Å². The van der Waals surface area contributed by atoms with Crippen LogP contribution < -0.4 is 5.32 Å². The second-order valence-corrected chi connectivity index (χ2v) is 4.43. The summed E-state index contributed by atoms with van der Waals surface area (Å²) in [7, 11) is 0. The summed E-state index contributed by atoms with van der Waals surface area (Å²) in [6.45, 7) is 6.37. The van der Waals surface area contributed by atoms with Gasteiger partial charge in [0, 0.05) is 12.6 Å². The number of hydrogen-bond donors (Lipinski definition) is 1. The molecule has 0 bridgehead atoms. The number of alkyl halides is 3. The summed E-state index contributed by atoms with van der Waals surface area (Å²) in [6, 6.07) is 0.236. The van der Waals surface area contributed by atoms with Gasteiger partial charge in [-0.15, -0.1) is 0 Å². The van der Waals surface area contributed by atoms with E-state index in [2.05, 4.69) is 11.9 Å². The molecule has 15 heavy (non-hydrogen) atoms. The van der Waals surface area contributed by atoms with Crippen LogP contribution in [0.1, 0.15) is 32.6 Å². The quantitative estimate of drug-likeness (QED) is 0.721. The predicted molar refractivity (Wildman–Crippen MR) is 54.6 cm³/mol. The van der Waals surface area contributed by atoms with Gasteiger partial charge in [-0.25, -0.2) is 0 Å². The molecule has 0 aromatic rings. The molecule has 88 valence electrons. The SMILES string of the molecule is C=C(C)CNC1CCC(C(F)(F)F)CC1. The number of nitrogens with one attached hydrogen (secondary N) is 1. The second-order valence-electron chi connectivity index (χ2n) is 4.43. The van der Waals surface area contributed by atoms with E-state index in [9.17, 15) is 13.2 Å². The zero-order chi connectivity index (χ0) is 11.5. The topological polar surface area (TPSA) is 12.0 Å². The first kappa shape index (κ1) is 12.6. The van der Waals surface area contributed by atoms with Gasteiger partial charge in [-0.05, 0) is 32.6 Å². The van der Waals surface area contributed by atoms with Gasteiger partial charge >= 0.3 is 6.18 Å². The lowest BCUT2D eigenvalue weighted by Gasteiger charge is -2.30. The minimum Gasteiger partial charge on any atom is -0.310 e. The van der Waals surface area contributed by atoms with Crippen LogP contribution >= 0.6 is 0 Å². The lowest BCUT2D eigenvalue weighted by molar-refractivity contribution is -0.182. The fourth-order valence-electron chi connectivity index (χ4n) is 1.94. The van der Waals surface area contributed by atoms with Gasteiger partial charge in [0.1, 0.15) is 0 Å². The Bertz CT molecular complexity index is 214. The standard InChI is InChI=1S/C11H18F3N/c1-8(2)7-15-10-5-3-9(4-6-10)11(12,13)14/h9-10,15H,1,3-7H2,2H3. The minimum absolute atomic E-state index is 0.236. The molecule has 1 aliphatic rings. The highest BCUT2D eigenvalue weighted by atomic mass is 19.4. The van der Waals surface area contributed by atoms with Gasteiger partial charge < -0.3 is 5.32 Å². The molecule has 1 rings (SSSR count). The maximum Gasteiger partial charge on any atom is 0.391 e. The van der Waals surface area contributed by atoms with Crippen molar-refractivity contribution in [2.45, 2.75) is 44.8 Å². The van der Waals surface area contributed by atoms with Gasteiger partial charge in [0.25, 0.3) is 0 Å². The van der Waals surface area contributed by atoms with Crippen molar-refractivity contribution < 1.29 is 13.2 Å². The summed E-state index contributed by atoms with van der Waals surface area (Å²) >= 11 is 0. The van der Waals surface area contributed by atoms with Crippen molar-refractivity contribution in [3.8, 4) is 0 Å². The fourth-order valence-corrected chi connectivity index (χ4v) is 1.94. The molecule has 0 unspecified atom stereocenters. The van der Waals surface area contributed by atoms with Gasteiger partial charge in [-0.1, -0.05) is 12.2 Å². The van der Waals surface area contributed by atoms with Crippen LogP contribution in [-0.2, 0) is 0 Å². The highest BCUT2D eigenvalue weighted by Gasteiger charge is 2.41. The average Bonchev–Trinajstić information content (AvgIpc) is 2.14. The summed E-state index contributed by atoms with van der Waals surface area (Å²) in [5, 5.41) is 3.23. The maximum atomic E-state index is 12.3. The molecule has 0 aromatic heterocycles. The lowest BCUT2D eigenvalue weighted by atomic mass is 9.85. The van der Waals surface area contributed by atoms with Crippen LogP contribution in [0.4, 0.5) is 13.2 Å². The third-order valence-corrected chi connectivity index (χ3v) is 2.88. The molecule has 1 nitrogen and oxygen atoms in total. The zero-order valence-electron chi connectivity index (χ0n) is 9.03. The Morgan fingerprint density at radius 3 is 2.20 bits per heavy atom. The van der Waals surface area contributed by atoms with Crippen molar-refractivity contribution in [3.05, 3.63) is 12.2 Å². The number of hydrogen-bond acceptors (Lipinski definition) is 1. The van der Waals surface area contributed by atoms with Gasteiger partial charge in [-0.2, -0.15) is 13.2 Å². The molecule has 0 spiro atoms. The van der Waals surface area contributed by atoms with Crippen LogP contribution in [0.2, 0.25) is 0 Å². The smallest absolute Gasteiger partial charge is 0.310 e. The van der Waals surface area contributed by atoms with Crippen molar-refractivity contribution in [2.24, 2.45) is 5.92 Å². The van der Waals surface area contributed by atoms with Crippen LogP contribution in [0.15, 0.2) is 12.2 Å². The van der Waals surface area contributed by atoms with Crippen LogP contribution in [0, 0.1) is 5.92 Å².